The summed E-state index contributed by atoms with van der Waals surface area (Å²) in [7, 11) is 1.38. The molecule has 0 bridgehead atoms. The van der Waals surface area contributed by atoms with Crippen LogP contribution in [0.5, 0.6) is 0 Å². The number of rotatable bonds is 5. The first-order valence-corrected chi connectivity index (χ1v) is 6.96. The van der Waals surface area contributed by atoms with Gasteiger partial charge in [0.15, 0.2) is 0 Å². The van der Waals surface area contributed by atoms with Crippen molar-refractivity contribution in [2.45, 2.75) is 31.7 Å². The summed E-state index contributed by atoms with van der Waals surface area (Å²) in [6, 6.07) is -1.33. The third-order valence-corrected chi connectivity index (χ3v) is 3.74. The predicted molar refractivity (Wildman–Crippen MR) is 71.3 cm³/mol. The molecule has 0 aromatic rings. The number of imide groups is 1. The normalized spacial score (nSPS) is 22.1. The van der Waals surface area contributed by atoms with Crippen molar-refractivity contribution in [2.75, 3.05) is 20.1 Å². The molecule has 1 atom stereocenters. The standard InChI is InChI=1S/C13H19N3O5/c1-15-10(17)5-4-9(12(15)20)14-13(21)16(7-11(18)19)6-8-2-3-8/h8-9H,2-7H2,1H3,(H,14,21)(H,18,19). The number of hydrogen-bond donors (Lipinski definition) is 2. The van der Waals surface area contributed by atoms with Gasteiger partial charge in [0.05, 0.1) is 0 Å². The number of carbonyl (C=O) groups is 4. The van der Waals surface area contributed by atoms with Gasteiger partial charge >= 0.3 is 12.0 Å². The average Bonchev–Trinajstić information content (AvgIpc) is 3.22. The molecule has 0 spiro atoms. The second-order valence-corrected chi connectivity index (χ2v) is 5.55. The van der Waals surface area contributed by atoms with Crippen LogP contribution >= 0.6 is 0 Å². The molecule has 2 N–H and O–H groups in total. The summed E-state index contributed by atoms with van der Waals surface area (Å²) >= 11 is 0. The monoisotopic (exact) mass is 297 g/mol. The first kappa shape index (κ1) is 15.3. The number of nitrogens with zero attached hydrogens (tertiary/aromatic N) is 2. The quantitative estimate of drug-likeness (QED) is 0.674. The largest absolute Gasteiger partial charge is 0.480 e. The topological polar surface area (TPSA) is 107 Å². The molecule has 8 nitrogen and oxygen atoms in total. The van der Waals surface area contributed by atoms with E-state index in [9.17, 15) is 19.2 Å². The van der Waals surface area contributed by atoms with Crippen molar-refractivity contribution in [1.82, 2.24) is 15.1 Å². The highest BCUT2D eigenvalue weighted by atomic mass is 16.4. The molecular weight excluding hydrogens is 278 g/mol. The molecule has 21 heavy (non-hydrogen) atoms. The zero-order valence-electron chi connectivity index (χ0n) is 11.9. The molecule has 0 aromatic carbocycles. The zero-order valence-corrected chi connectivity index (χ0v) is 11.9. The van der Waals surface area contributed by atoms with E-state index in [4.69, 9.17) is 5.11 Å². The molecule has 1 saturated heterocycles. The first-order chi connectivity index (χ1) is 9.88. The van der Waals surface area contributed by atoms with Gasteiger partial charge < -0.3 is 15.3 Å². The van der Waals surface area contributed by atoms with Crippen LogP contribution in [0, 0.1) is 5.92 Å². The molecule has 1 aliphatic carbocycles. The predicted octanol–water partition coefficient (Wildman–Crippen LogP) is -0.360. The van der Waals surface area contributed by atoms with E-state index in [0.717, 1.165) is 17.7 Å². The minimum absolute atomic E-state index is 0.189. The molecule has 0 radical (unpaired) electrons. The van der Waals surface area contributed by atoms with Crippen LogP contribution in [0.3, 0.4) is 0 Å². The van der Waals surface area contributed by atoms with Gasteiger partial charge in [-0.1, -0.05) is 0 Å². The van der Waals surface area contributed by atoms with Crippen LogP contribution in [-0.4, -0.2) is 64.9 Å². The number of carboxylic acid groups (broad SMARTS) is 1. The first-order valence-electron chi connectivity index (χ1n) is 6.96. The van der Waals surface area contributed by atoms with E-state index < -0.39 is 30.5 Å². The molecule has 116 valence electrons. The Balaban J connectivity index is 1.95. The van der Waals surface area contributed by atoms with Gasteiger partial charge in [0, 0.05) is 20.0 Å². The second-order valence-electron chi connectivity index (χ2n) is 5.55. The number of amides is 4. The summed E-state index contributed by atoms with van der Waals surface area (Å²) in [5.41, 5.74) is 0. The van der Waals surface area contributed by atoms with Crippen LogP contribution in [0.15, 0.2) is 0 Å². The van der Waals surface area contributed by atoms with Crippen LogP contribution in [0.2, 0.25) is 0 Å². The molecule has 4 amide bonds. The van der Waals surface area contributed by atoms with Crippen molar-refractivity contribution < 1.29 is 24.3 Å². The van der Waals surface area contributed by atoms with Crippen molar-refractivity contribution in [3.8, 4) is 0 Å². The summed E-state index contributed by atoms with van der Waals surface area (Å²) in [5, 5.41) is 11.4. The highest BCUT2D eigenvalue weighted by Gasteiger charge is 2.35. The van der Waals surface area contributed by atoms with Crippen molar-refractivity contribution in [3.63, 3.8) is 0 Å². The van der Waals surface area contributed by atoms with Crippen LogP contribution in [0.25, 0.3) is 0 Å². The van der Waals surface area contributed by atoms with E-state index in [0.29, 0.717) is 12.5 Å². The molecule has 1 saturated carbocycles. The lowest BCUT2D eigenvalue weighted by atomic mass is 10.1. The average molecular weight is 297 g/mol. The molecule has 2 fully saturated rings. The minimum atomic E-state index is -1.09. The number of likely N-dealkylation sites (N-methyl/N-ethyl adjacent to an activating group) is 1. The highest BCUT2D eigenvalue weighted by molar-refractivity contribution is 6.01. The maximum Gasteiger partial charge on any atom is 0.323 e. The lowest BCUT2D eigenvalue weighted by Gasteiger charge is -2.30. The van der Waals surface area contributed by atoms with E-state index in [1.54, 1.807) is 0 Å². The van der Waals surface area contributed by atoms with E-state index in [2.05, 4.69) is 5.32 Å². The Morgan fingerprint density at radius 2 is 2.00 bits per heavy atom. The Bertz CT molecular complexity index is 474. The number of piperidine rings is 1. The van der Waals surface area contributed by atoms with Gasteiger partial charge in [-0.05, 0) is 25.2 Å². The summed E-state index contributed by atoms with van der Waals surface area (Å²) in [6.07, 6.45) is 2.42. The molecule has 8 heteroatoms. The Morgan fingerprint density at radius 3 is 2.57 bits per heavy atom. The smallest absolute Gasteiger partial charge is 0.323 e. The van der Waals surface area contributed by atoms with Gasteiger partial charge in [-0.2, -0.15) is 0 Å². The lowest BCUT2D eigenvalue weighted by Crippen LogP contribution is -2.56. The van der Waals surface area contributed by atoms with Gasteiger partial charge in [-0.3, -0.25) is 19.3 Å². The Morgan fingerprint density at radius 1 is 1.33 bits per heavy atom. The second kappa shape index (κ2) is 6.11. The fraction of sp³-hybridized carbons (Fsp3) is 0.692. The molecule has 0 aromatic heterocycles. The van der Waals surface area contributed by atoms with E-state index in [1.807, 2.05) is 0 Å². The number of hydrogen-bond acceptors (Lipinski definition) is 4. The van der Waals surface area contributed by atoms with Crippen molar-refractivity contribution >= 4 is 23.8 Å². The number of nitrogens with one attached hydrogen (secondary N) is 1. The van der Waals surface area contributed by atoms with Gasteiger partial charge in [-0.15, -0.1) is 0 Å². The van der Waals surface area contributed by atoms with Crippen molar-refractivity contribution in [3.05, 3.63) is 0 Å². The van der Waals surface area contributed by atoms with Crippen LogP contribution in [0.4, 0.5) is 4.79 Å². The third kappa shape index (κ3) is 3.93. The van der Waals surface area contributed by atoms with Crippen LogP contribution in [-0.2, 0) is 14.4 Å². The minimum Gasteiger partial charge on any atom is -0.480 e. The highest BCUT2D eigenvalue weighted by Crippen LogP contribution is 2.29. The van der Waals surface area contributed by atoms with E-state index >= 15 is 0 Å². The fourth-order valence-electron chi connectivity index (χ4n) is 2.28. The van der Waals surface area contributed by atoms with Crippen molar-refractivity contribution in [2.24, 2.45) is 5.92 Å². The Labute approximate surface area is 122 Å². The molecule has 2 aliphatic rings. The maximum atomic E-state index is 12.1. The Kier molecular flexibility index (Phi) is 4.44. The van der Waals surface area contributed by atoms with Gasteiger partial charge in [0.2, 0.25) is 5.91 Å². The number of aliphatic carboxylic acids is 1. The summed E-state index contributed by atoms with van der Waals surface area (Å²) < 4.78 is 0. The molecule has 1 heterocycles. The number of carboxylic acids is 1. The zero-order chi connectivity index (χ0) is 15.6. The summed E-state index contributed by atoms with van der Waals surface area (Å²) in [5.74, 6) is -1.47. The molecule has 2 rings (SSSR count). The third-order valence-electron chi connectivity index (χ3n) is 3.74. The molecular formula is C13H19N3O5. The lowest BCUT2D eigenvalue weighted by molar-refractivity contribution is -0.147. The van der Waals surface area contributed by atoms with E-state index in [-0.39, 0.29) is 18.7 Å². The van der Waals surface area contributed by atoms with Gasteiger partial charge in [0.25, 0.3) is 5.91 Å². The van der Waals surface area contributed by atoms with Gasteiger partial charge in [0.1, 0.15) is 12.6 Å². The Hall–Kier alpha value is -2.12. The maximum absolute atomic E-state index is 12.1. The van der Waals surface area contributed by atoms with Crippen LogP contribution in [0.1, 0.15) is 25.7 Å². The van der Waals surface area contributed by atoms with Crippen molar-refractivity contribution in [1.29, 1.82) is 0 Å². The number of likely N-dealkylation sites (tertiary alicyclic amines) is 1. The van der Waals surface area contributed by atoms with Gasteiger partial charge in [-0.25, -0.2) is 4.79 Å². The van der Waals surface area contributed by atoms with E-state index in [1.165, 1.54) is 11.9 Å². The van der Waals surface area contributed by atoms with Crippen LogP contribution < -0.4 is 5.32 Å². The summed E-state index contributed by atoms with van der Waals surface area (Å²) in [6.45, 7) is -0.00811. The number of urea groups is 1. The summed E-state index contributed by atoms with van der Waals surface area (Å²) in [4.78, 5) is 48.5. The fourth-order valence-corrected chi connectivity index (χ4v) is 2.28. The molecule has 1 aliphatic heterocycles. The SMILES string of the molecule is CN1C(=O)CCC(NC(=O)N(CC(=O)O)CC2CC2)C1=O. The molecule has 1 unspecified atom stereocenters. The number of carbonyl (C=O) groups excluding carboxylic acids is 3.